The molecule has 0 spiro atoms. The van der Waals surface area contributed by atoms with Crippen molar-refractivity contribution in [2.24, 2.45) is 0 Å². The largest absolute Gasteiger partial charge is 0.465 e. The highest BCUT2D eigenvalue weighted by Gasteiger charge is 2.12. The van der Waals surface area contributed by atoms with Crippen molar-refractivity contribution in [1.82, 2.24) is 0 Å². The summed E-state index contributed by atoms with van der Waals surface area (Å²) in [6.07, 6.45) is 0. The third-order valence-electron chi connectivity index (χ3n) is 3.41. The average Bonchev–Trinajstić information content (AvgIpc) is 2.56. The second-order valence-electron chi connectivity index (χ2n) is 5.10. The van der Waals surface area contributed by atoms with Crippen molar-refractivity contribution in [2.75, 3.05) is 23.8 Å². The Morgan fingerprint density at radius 1 is 1.12 bits per heavy atom. The second kappa shape index (κ2) is 8.36. The van der Waals surface area contributed by atoms with Crippen molar-refractivity contribution in [1.29, 1.82) is 0 Å². The number of hydrogen-bond donors (Lipinski definition) is 2. The van der Waals surface area contributed by atoms with Gasteiger partial charge in [0, 0.05) is 22.0 Å². The van der Waals surface area contributed by atoms with Gasteiger partial charge >= 0.3 is 5.97 Å². The lowest BCUT2D eigenvalue weighted by molar-refractivity contribution is -0.140. The second-order valence-corrected chi connectivity index (χ2v) is 5.53. The van der Waals surface area contributed by atoms with E-state index in [0.29, 0.717) is 28.6 Å². The predicted molar refractivity (Wildman–Crippen MR) is 95.7 cm³/mol. The summed E-state index contributed by atoms with van der Waals surface area (Å²) in [4.78, 5) is 23.9. The number of carbonyl (C=O) groups excluding carboxylic acids is 2. The molecule has 0 saturated carbocycles. The van der Waals surface area contributed by atoms with Gasteiger partial charge in [-0.05, 0) is 55.8 Å². The fourth-order valence-corrected chi connectivity index (χ4v) is 2.31. The molecule has 0 heterocycles. The molecule has 0 fully saturated rings. The van der Waals surface area contributed by atoms with Gasteiger partial charge in [-0.15, -0.1) is 0 Å². The smallest absolute Gasteiger partial charge is 0.325 e. The molecular formula is C18H19ClN2O3. The number of hydrogen-bond acceptors (Lipinski definition) is 4. The zero-order chi connectivity index (χ0) is 17.5. The van der Waals surface area contributed by atoms with Gasteiger partial charge in [0.15, 0.2) is 0 Å². The first-order valence-electron chi connectivity index (χ1n) is 7.57. The molecule has 6 heteroatoms. The molecule has 2 rings (SSSR count). The van der Waals surface area contributed by atoms with Gasteiger partial charge < -0.3 is 15.4 Å². The zero-order valence-corrected chi connectivity index (χ0v) is 14.3. The minimum Gasteiger partial charge on any atom is -0.465 e. The van der Waals surface area contributed by atoms with Crippen LogP contribution in [0.1, 0.15) is 22.8 Å². The predicted octanol–water partition coefficient (Wildman–Crippen LogP) is 3.88. The summed E-state index contributed by atoms with van der Waals surface area (Å²) < 4.78 is 4.88. The van der Waals surface area contributed by atoms with Gasteiger partial charge in [-0.1, -0.05) is 17.7 Å². The van der Waals surface area contributed by atoms with Crippen molar-refractivity contribution < 1.29 is 14.3 Å². The number of ether oxygens (including phenoxy) is 1. The molecule has 24 heavy (non-hydrogen) atoms. The highest BCUT2D eigenvalue weighted by molar-refractivity contribution is 6.30. The van der Waals surface area contributed by atoms with Crippen molar-refractivity contribution in [3.05, 3.63) is 58.6 Å². The van der Waals surface area contributed by atoms with Gasteiger partial charge in [-0.25, -0.2) is 0 Å². The molecule has 0 aliphatic rings. The number of amides is 1. The number of halogens is 1. The molecule has 2 aromatic rings. The summed E-state index contributed by atoms with van der Waals surface area (Å²) in [5.74, 6) is -0.567. The van der Waals surface area contributed by atoms with E-state index in [2.05, 4.69) is 10.6 Å². The fraction of sp³-hybridized carbons (Fsp3) is 0.222. The molecule has 0 saturated heterocycles. The van der Waals surface area contributed by atoms with E-state index in [9.17, 15) is 9.59 Å². The van der Waals surface area contributed by atoms with Crippen LogP contribution in [0.3, 0.4) is 0 Å². The van der Waals surface area contributed by atoms with E-state index in [1.807, 2.05) is 13.0 Å². The van der Waals surface area contributed by atoms with Gasteiger partial charge in [0.1, 0.15) is 6.54 Å². The number of rotatable bonds is 6. The fourth-order valence-electron chi connectivity index (χ4n) is 2.18. The van der Waals surface area contributed by atoms with E-state index < -0.39 is 0 Å². The van der Waals surface area contributed by atoms with Crippen LogP contribution in [0.25, 0.3) is 0 Å². The zero-order valence-electron chi connectivity index (χ0n) is 13.6. The number of benzene rings is 2. The van der Waals surface area contributed by atoms with Crippen LogP contribution in [0.5, 0.6) is 0 Å². The Bertz CT molecular complexity index is 730. The Balaban J connectivity index is 2.09. The lowest BCUT2D eigenvalue weighted by Gasteiger charge is -2.13. The van der Waals surface area contributed by atoms with Crippen LogP contribution < -0.4 is 10.6 Å². The minimum absolute atomic E-state index is 0.0525. The summed E-state index contributed by atoms with van der Waals surface area (Å²) in [6, 6.07) is 12.2. The van der Waals surface area contributed by atoms with E-state index in [-0.39, 0.29) is 18.4 Å². The van der Waals surface area contributed by atoms with Gasteiger partial charge in [0.25, 0.3) is 5.91 Å². The number of esters is 1. The Morgan fingerprint density at radius 2 is 1.83 bits per heavy atom. The quantitative estimate of drug-likeness (QED) is 0.779. The van der Waals surface area contributed by atoms with Crippen LogP contribution in [0.15, 0.2) is 42.5 Å². The highest BCUT2D eigenvalue weighted by atomic mass is 35.5. The monoisotopic (exact) mass is 346 g/mol. The van der Waals surface area contributed by atoms with Crippen molar-refractivity contribution in [2.45, 2.75) is 13.8 Å². The third kappa shape index (κ3) is 4.73. The van der Waals surface area contributed by atoms with Gasteiger partial charge in [-0.2, -0.15) is 0 Å². The summed E-state index contributed by atoms with van der Waals surface area (Å²) in [6.45, 7) is 3.97. The standard InChI is InChI=1S/C18H19ClN2O3/c1-3-24-17(22)11-20-16-6-4-5-15(12(16)2)18(23)21-14-9-7-13(19)8-10-14/h4-10,20H,3,11H2,1-2H3,(H,21,23). The topological polar surface area (TPSA) is 67.4 Å². The molecule has 5 nitrogen and oxygen atoms in total. The summed E-state index contributed by atoms with van der Waals surface area (Å²) in [5.41, 5.74) is 2.66. The SMILES string of the molecule is CCOC(=O)CNc1cccc(C(=O)Nc2ccc(Cl)cc2)c1C. The first-order valence-corrected chi connectivity index (χ1v) is 7.95. The molecule has 2 aromatic carbocycles. The van der Waals surface area contributed by atoms with Crippen LogP contribution in [0.2, 0.25) is 5.02 Å². The molecule has 2 N–H and O–H groups in total. The Hall–Kier alpha value is -2.53. The molecule has 0 atom stereocenters. The average molecular weight is 347 g/mol. The van der Waals surface area contributed by atoms with Crippen molar-refractivity contribution >= 4 is 34.9 Å². The Labute approximate surface area is 146 Å². The maximum absolute atomic E-state index is 12.4. The lowest BCUT2D eigenvalue weighted by atomic mass is 10.1. The van der Waals surface area contributed by atoms with Crippen LogP contribution in [-0.2, 0) is 9.53 Å². The summed E-state index contributed by atoms with van der Waals surface area (Å²) in [5, 5.41) is 6.42. The maximum Gasteiger partial charge on any atom is 0.325 e. The first-order chi connectivity index (χ1) is 11.5. The van der Waals surface area contributed by atoms with E-state index in [1.165, 1.54) is 0 Å². The molecule has 0 aliphatic carbocycles. The molecule has 0 radical (unpaired) electrons. The maximum atomic E-state index is 12.4. The summed E-state index contributed by atoms with van der Waals surface area (Å²) >= 11 is 5.84. The first kappa shape index (κ1) is 17.8. The van der Waals surface area contributed by atoms with Gasteiger partial charge in [-0.3, -0.25) is 9.59 Å². The van der Waals surface area contributed by atoms with Crippen LogP contribution in [0, 0.1) is 6.92 Å². The number of anilines is 2. The number of carbonyl (C=O) groups is 2. The van der Waals surface area contributed by atoms with Crippen LogP contribution >= 0.6 is 11.6 Å². The molecule has 0 aliphatic heterocycles. The van der Waals surface area contributed by atoms with E-state index in [4.69, 9.17) is 16.3 Å². The highest BCUT2D eigenvalue weighted by Crippen LogP contribution is 2.21. The minimum atomic E-state index is -0.340. The Kier molecular flexibility index (Phi) is 6.21. The van der Waals surface area contributed by atoms with E-state index >= 15 is 0 Å². The van der Waals surface area contributed by atoms with E-state index in [0.717, 1.165) is 5.56 Å². The van der Waals surface area contributed by atoms with E-state index in [1.54, 1.807) is 43.3 Å². The molecular weight excluding hydrogens is 328 g/mol. The molecule has 126 valence electrons. The van der Waals surface area contributed by atoms with Crippen molar-refractivity contribution in [3.63, 3.8) is 0 Å². The molecule has 1 amide bonds. The third-order valence-corrected chi connectivity index (χ3v) is 3.66. The Morgan fingerprint density at radius 3 is 2.50 bits per heavy atom. The number of nitrogens with one attached hydrogen (secondary N) is 2. The molecule has 0 bridgehead atoms. The molecule has 0 unspecified atom stereocenters. The normalized spacial score (nSPS) is 10.1. The van der Waals surface area contributed by atoms with Crippen molar-refractivity contribution in [3.8, 4) is 0 Å². The summed E-state index contributed by atoms with van der Waals surface area (Å²) in [7, 11) is 0. The van der Waals surface area contributed by atoms with Gasteiger partial charge in [0.05, 0.1) is 6.61 Å². The van der Waals surface area contributed by atoms with Crippen LogP contribution in [0.4, 0.5) is 11.4 Å². The lowest BCUT2D eigenvalue weighted by Crippen LogP contribution is -2.18. The van der Waals surface area contributed by atoms with Crippen LogP contribution in [-0.4, -0.2) is 25.0 Å². The van der Waals surface area contributed by atoms with Gasteiger partial charge in [0.2, 0.25) is 0 Å². The molecule has 0 aromatic heterocycles.